The average Bonchev–Trinajstić information content (AvgIpc) is 1.94. The summed E-state index contributed by atoms with van der Waals surface area (Å²) in [6.07, 6.45) is 7.08. The van der Waals surface area contributed by atoms with Crippen LogP contribution in [0.3, 0.4) is 0 Å². The molecule has 0 aromatic rings. The van der Waals surface area contributed by atoms with Gasteiger partial charge in [-0.25, -0.2) is 0 Å². The Morgan fingerprint density at radius 1 is 1.08 bits per heavy atom. The number of allylic oxidation sites excluding steroid dienone is 1. The topological polar surface area (TPSA) is 60.7 Å². The fourth-order valence-electron chi connectivity index (χ4n) is 0.930. The summed E-state index contributed by atoms with van der Waals surface area (Å²) in [5, 5.41) is 0. The van der Waals surface area contributed by atoms with Crippen LogP contribution in [0.25, 0.3) is 0 Å². The summed E-state index contributed by atoms with van der Waals surface area (Å²) in [6.45, 7) is 2.14. The third-order valence-corrected chi connectivity index (χ3v) is 2.25. The van der Waals surface area contributed by atoms with Gasteiger partial charge in [-0.15, -0.1) is 0 Å². The van der Waals surface area contributed by atoms with E-state index in [4.69, 9.17) is 14.7 Å². The van der Waals surface area contributed by atoms with Gasteiger partial charge in [0.1, 0.15) is 0 Å². The van der Waals surface area contributed by atoms with E-state index in [0.29, 0.717) is 0 Å². The van der Waals surface area contributed by atoms with Gasteiger partial charge >= 0.3 is 73.5 Å². The Morgan fingerprint density at radius 3 is 2.25 bits per heavy atom. The van der Waals surface area contributed by atoms with Crippen LogP contribution in [0.4, 0.5) is 0 Å². The predicted octanol–water partition coefficient (Wildman–Crippen LogP) is 1.94. The van der Waals surface area contributed by atoms with Crippen molar-refractivity contribution in [3.8, 4) is 0 Å². The van der Waals surface area contributed by atoms with Gasteiger partial charge in [-0.1, -0.05) is 0 Å². The summed E-state index contributed by atoms with van der Waals surface area (Å²) in [4.78, 5) is 25.8. The second-order valence-electron chi connectivity index (χ2n) is 2.94. The summed E-state index contributed by atoms with van der Waals surface area (Å²) in [7, 11) is -3.91. The van der Waals surface area contributed by atoms with E-state index >= 15 is 0 Å². The van der Waals surface area contributed by atoms with Crippen LogP contribution in [0, 0.1) is 0 Å². The molecule has 0 radical (unpaired) electrons. The Kier molecular flexibility index (Phi) is 6.58. The zero-order chi connectivity index (χ0) is 9.45. The van der Waals surface area contributed by atoms with Crippen molar-refractivity contribution in [2.24, 2.45) is 0 Å². The Bertz CT molecular complexity index is 129. The van der Waals surface area contributed by atoms with Crippen molar-refractivity contribution >= 4 is 7.94 Å². The maximum absolute atomic E-state index is 8.58. The van der Waals surface area contributed by atoms with Gasteiger partial charge in [-0.05, 0) is 0 Å². The second kappa shape index (κ2) is 6.55. The molecule has 0 aromatic carbocycles. The van der Waals surface area contributed by atoms with Crippen molar-refractivity contribution in [1.82, 2.24) is 0 Å². The molecule has 12 heavy (non-hydrogen) atoms. The first kappa shape index (κ1) is 12.0. The van der Waals surface area contributed by atoms with E-state index in [-0.39, 0.29) is 0 Å². The molecule has 0 saturated heterocycles. The summed E-state index contributed by atoms with van der Waals surface area (Å²) < 4.78 is 0. The van der Waals surface area contributed by atoms with Crippen LogP contribution in [0.2, 0.25) is 0 Å². The van der Waals surface area contributed by atoms with Crippen molar-refractivity contribution in [2.45, 2.75) is 39.0 Å². The van der Waals surface area contributed by atoms with E-state index in [1.54, 1.807) is 6.08 Å². The molecule has 0 atom stereocenters. The first-order valence-corrected chi connectivity index (χ1v) is 6.33. The van der Waals surface area contributed by atoms with Crippen molar-refractivity contribution in [2.75, 3.05) is 0 Å². The number of hydrogen-bond donors (Lipinski definition) is 3. The summed E-state index contributed by atoms with van der Waals surface area (Å²) in [5.74, 6) is 1.12. The maximum atomic E-state index is 8.58. The van der Waals surface area contributed by atoms with E-state index in [1.807, 2.05) is 0 Å². The molecule has 0 bridgehead atoms. The zero-order valence-corrected chi connectivity index (χ0v) is 8.53. The van der Waals surface area contributed by atoms with Gasteiger partial charge in [0.05, 0.1) is 0 Å². The second-order valence-corrected chi connectivity index (χ2v) is 4.65. The Labute approximate surface area is 74.3 Å². The molecule has 0 amide bonds. The Hall–Kier alpha value is 0.0500. The van der Waals surface area contributed by atoms with Crippen molar-refractivity contribution in [3.63, 3.8) is 0 Å². The molecule has 0 aromatic heterocycles. The van der Waals surface area contributed by atoms with Crippen LogP contribution >= 0.6 is 7.94 Å². The standard InChI is InChI=1S/C8H19O3P/c1-2-3-4-5-6-7-8-12(9,10)11/h7-12H,2-6H2,1H3. The number of hydrogen-bond acceptors (Lipinski definition) is 3. The Morgan fingerprint density at radius 2 is 1.75 bits per heavy atom. The van der Waals surface area contributed by atoms with Crippen LogP contribution in [0.5, 0.6) is 0 Å². The van der Waals surface area contributed by atoms with Crippen molar-refractivity contribution in [3.05, 3.63) is 11.9 Å². The molecular weight excluding hydrogens is 175 g/mol. The summed E-state index contributed by atoms with van der Waals surface area (Å²) >= 11 is 0. The van der Waals surface area contributed by atoms with Crippen LogP contribution < -0.4 is 0 Å². The third kappa shape index (κ3) is 10.0. The molecule has 0 spiro atoms. The first-order valence-electron chi connectivity index (χ1n) is 4.41. The van der Waals surface area contributed by atoms with Gasteiger partial charge in [-0.2, -0.15) is 0 Å². The van der Waals surface area contributed by atoms with Gasteiger partial charge < -0.3 is 0 Å². The molecule has 4 heteroatoms. The van der Waals surface area contributed by atoms with Crippen molar-refractivity contribution < 1.29 is 14.7 Å². The average molecular weight is 194 g/mol. The SMILES string of the molecule is CCCCCCC=C[PH](O)(O)O. The molecule has 0 unspecified atom stereocenters. The fraction of sp³-hybridized carbons (Fsp3) is 0.750. The van der Waals surface area contributed by atoms with Gasteiger partial charge in [0.15, 0.2) is 0 Å². The molecule has 0 rings (SSSR count). The van der Waals surface area contributed by atoms with Gasteiger partial charge in [-0.3, -0.25) is 0 Å². The molecule has 0 saturated carbocycles. The van der Waals surface area contributed by atoms with E-state index in [1.165, 1.54) is 12.8 Å². The molecule has 0 fully saturated rings. The third-order valence-electron chi connectivity index (χ3n) is 1.57. The molecule has 3 N–H and O–H groups in total. The molecular formula is C8H19O3P. The summed E-state index contributed by atoms with van der Waals surface area (Å²) in [6, 6.07) is 0. The van der Waals surface area contributed by atoms with E-state index in [0.717, 1.165) is 25.1 Å². The quantitative estimate of drug-likeness (QED) is 0.447. The molecule has 0 heterocycles. The molecule has 0 aliphatic carbocycles. The van der Waals surface area contributed by atoms with Gasteiger partial charge in [0.2, 0.25) is 0 Å². The van der Waals surface area contributed by atoms with Crippen LogP contribution in [0.15, 0.2) is 11.9 Å². The van der Waals surface area contributed by atoms with Crippen LogP contribution in [-0.4, -0.2) is 14.7 Å². The Balaban J connectivity index is 3.25. The minimum atomic E-state index is -3.91. The van der Waals surface area contributed by atoms with Crippen LogP contribution in [0.1, 0.15) is 39.0 Å². The molecule has 3 nitrogen and oxygen atoms in total. The molecule has 0 aliphatic heterocycles. The first-order chi connectivity index (χ1) is 5.56. The van der Waals surface area contributed by atoms with Gasteiger partial charge in [0.25, 0.3) is 0 Å². The fourth-order valence-corrected chi connectivity index (χ4v) is 1.41. The van der Waals surface area contributed by atoms with E-state index in [9.17, 15) is 0 Å². The monoisotopic (exact) mass is 194 g/mol. The number of unbranched alkanes of at least 4 members (excludes halogenated alkanes) is 4. The molecule has 74 valence electrons. The van der Waals surface area contributed by atoms with Gasteiger partial charge in [0, 0.05) is 0 Å². The number of rotatable bonds is 6. The minimum absolute atomic E-state index is 0.816. The van der Waals surface area contributed by atoms with Crippen molar-refractivity contribution in [1.29, 1.82) is 0 Å². The van der Waals surface area contributed by atoms with E-state index in [2.05, 4.69) is 6.92 Å². The van der Waals surface area contributed by atoms with Crippen LogP contribution in [-0.2, 0) is 0 Å². The van der Waals surface area contributed by atoms with E-state index < -0.39 is 7.94 Å². The molecule has 0 aliphatic rings. The zero-order valence-electron chi connectivity index (χ0n) is 7.53. The predicted molar refractivity (Wildman–Crippen MR) is 52.9 cm³/mol. The summed E-state index contributed by atoms with van der Waals surface area (Å²) in [5.41, 5.74) is 0. The normalized spacial score (nSPS) is 14.0.